The van der Waals surface area contributed by atoms with Crippen LogP contribution in [-0.4, -0.2) is 22.0 Å². The topological polar surface area (TPSA) is 96.6 Å². The lowest BCUT2D eigenvalue weighted by Crippen LogP contribution is -2.23. The number of carbonyl (C=O) groups is 1. The monoisotopic (exact) mass is 328 g/mol. The molecule has 2 N–H and O–H groups in total. The Kier molecular flexibility index (Phi) is 4.24. The number of nitro groups is 1. The fraction of sp³-hybridized carbons (Fsp3) is 0.0667. The van der Waals surface area contributed by atoms with Crippen LogP contribution in [0.15, 0.2) is 64.7 Å². The van der Waals surface area contributed by atoms with Gasteiger partial charge in [-0.25, -0.2) is 4.99 Å². The van der Waals surface area contributed by atoms with E-state index in [9.17, 15) is 14.9 Å². The van der Waals surface area contributed by atoms with Crippen LogP contribution in [0.3, 0.4) is 0 Å². The van der Waals surface area contributed by atoms with Crippen molar-refractivity contribution in [1.29, 1.82) is 0 Å². The molecule has 7 nitrogen and oxygen atoms in total. The Hall–Kier alpha value is -2.87. The van der Waals surface area contributed by atoms with Crippen LogP contribution in [0, 0.1) is 10.1 Å². The van der Waals surface area contributed by atoms with E-state index in [1.807, 2.05) is 18.2 Å². The molecule has 0 aliphatic carbocycles. The molecule has 1 saturated heterocycles. The molecule has 1 aromatic carbocycles. The standard InChI is InChI=1S/C15H12N4O3S/c20-14-13(9-10-4-1-2-7-16-10)23-15(18-14)17-11-5-3-6-12(8-11)19(21)22/h1-10,16H,(H,17,18,20). The van der Waals surface area contributed by atoms with E-state index in [0.717, 1.165) is 0 Å². The highest BCUT2D eigenvalue weighted by Gasteiger charge is 2.24. The average Bonchev–Trinajstić information content (AvgIpc) is 2.88. The molecule has 23 heavy (non-hydrogen) atoms. The Bertz CT molecular complexity index is 783. The number of non-ortho nitro benzene ring substituents is 1. The number of rotatable bonds is 3. The number of nitrogens with zero attached hydrogens (tertiary/aromatic N) is 2. The zero-order chi connectivity index (χ0) is 16.2. The summed E-state index contributed by atoms with van der Waals surface area (Å²) in [6.45, 7) is 0. The van der Waals surface area contributed by atoms with Crippen LogP contribution in [0.1, 0.15) is 0 Å². The Labute approximate surface area is 136 Å². The van der Waals surface area contributed by atoms with E-state index >= 15 is 0 Å². The molecule has 8 heteroatoms. The van der Waals surface area contributed by atoms with Crippen LogP contribution >= 0.6 is 11.8 Å². The van der Waals surface area contributed by atoms with Crippen molar-refractivity contribution in [3.63, 3.8) is 0 Å². The van der Waals surface area contributed by atoms with Gasteiger partial charge in [-0.2, -0.15) is 0 Å². The van der Waals surface area contributed by atoms with Gasteiger partial charge >= 0.3 is 0 Å². The lowest BCUT2D eigenvalue weighted by Gasteiger charge is -2.10. The number of hydrogen-bond acceptors (Lipinski definition) is 6. The van der Waals surface area contributed by atoms with Gasteiger partial charge in [-0.15, -0.1) is 0 Å². The highest BCUT2D eigenvalue weighted by molar-refractivity contribution is 8.18. The summed E-state index contributed by atoms with van der Waals surface area (Å²) in [6, 6.07) is 5.90. The lowest BCUT2D eigenvalue weighted by molar-refractivity contribution is -0.384. The Balaban J connectivity index is 1.78. The third-order valence-electron chi connectivity index (χ3n) is 3.07. The summed E-state index contributed by atoms with van der Waals surface area (Å²) in [4.78, 5) is 27.0. The second kappa shape index (κ2) is 6.49. The van der Waals surface area contributed by atoms with Gasteiger partial charge < -0.3 is 10.6 Å². The van der Waals surface area contributed by atoms with E-state index < -0.39 is 4.92 Å². The van der Waals surface area contributed by atoms with Crippen molar-refractivity contribution in [1.82, 2.24) is 10.6 Å². The van der Waals surface area contributed by atoms with Crippen LogP contribution < -0.4 is 10.6 Å². The van der Waals surface area contributed by atoms with E-state index in [1.165, 1.54) is 23.9 Å². The quantitative estimate of drug-likeness (QED) is 0.504. The third kappa shape index (κ3) is 3.67. The summed E-state index contributed by atoms with van der Waals surface area (Å²) < 4.78 is 0. The van der Waals surface area contributed by atoms with Crippen LogP contribution in [0.5, 0.6) is 0 Å². The molecule has 1 aromatic rings. The average molecular weight is 328 g/mol. The number of aliphatic imine (C=N–C) groups is 1. The molecule has 1 fully saturated rings. The lowest BCUT2D eigenvalue weighted by atomic mass is 10.2. The van der Waals surface area contributed by atoms with Crippen molar-refractivity contribution in [2.45, 2.75) is 6.04 Å². The predicted molar refractivity (Wildman–Crippen MR) is 89.2 cm³/mol. The summed E-state index contributed by atoms with van der Waals surface area (Å²) in [5.74, 6) is -0.232. The molecule has 0 spiro atoms. The molecule has 0 bridgehead atoms. The molecule has 3 rings (SSSR count). The van der Waals surface area contributed by atoms with Gasteiger partial charge in [0.25, 0.3) is 11.6 Å². The maximum atomic E-state index is 12.0. The van der Waals surface area contributed by atoms with Crippen LogP contribution in [0.4, 0.5) is 11.4 Å². The highest BCUT2D eigenvalue weighted by atomic mass is 32.2. The first-order chi connectivity index (χ1) is 11.1. The molecular weight excluding hydrogens is 316 g/mol. The van der Waals surface area contributed by atoms with Crippen molar-refractivity contribution in [3.8, 4) is 0 Å². The Morgan fingerprint density at radius 3 is 2.96 bits per heavy atom. The number of dihydropyridines is 1. The van der Waals surface area contributed by atoms with Gasteiger partial charge in [0.15, 0.2) is 5.17 Å². The SMILES string of the molecule is O=C1NC(=Nc2cccc([N+](=O)[O-])c2)SC1=CC1C=CC=CN1. The van der Waals surface area contributed by atoms with E-state index in [2.05, 4.69) is 15.6 Å². The van der Waals surface area contributed by atoms with Crippen molar-refractivity contribution in [3.05, 3.63) is 69.8 Å². The minimum Gasteiger partial charge on any atom is -0.381 e. The van der Waals surface area contributed by atoms with E-state index in [-0.39, 0.29) is 17.6 Å². The maximum Gasteiger partial charge on any atom is 0.271 e. The fourth-order valence-corrected chi connectivity index (χ4v) is 2.88. The normalized spacial score (nSPS) is 23.1. The van der Waals surface area contributed by atoms with Crippen molar-refractivity contribution >= 4 is 34.2 Å². The molecule has 2 aliphatic rings. The molecule has 1 amide bonds. The molecule has 1 atom stereocenters. The van der Waals surface area contributed by atoms with Gasteiger partial charge in [0, 0.05) is 12.1 Å². The molecule has 2 heterocycles. The summed E-state index contributed by atoms with van der Waals surface area (Å²) in [7, 11) is 0. The minimum atomic E-state index is -0.482. The number of carbonyl (C=O) groups excluding carboxylic acids is 1. The number of nitro benzene ring substituents is 1. The number of hydrogen-bond donors (Lipinski definition) is 2. The van der Waals surface area contributed by atoms with Gasteiger partial charge in [-0.1, -0.05) is 18.2 Å². The number of benzene rings is 1. The molecule has 2 aliphatic heterocycles. The van der Waals surface area contributed by atoms with Gasteiger partial charge in [-0.05, 0) is 36.2 Å². The predicted octanol–water partition coefficient (Wildman–Crippen LogP) is 2.37. The van der Waals surface area contributed by atoms with Gasteiger partial charge in [0.2, 0.25) is 0 Å². The number of amides is 1. The number of amidine groups is 1. The first-order valence-electron chi connectivity index (χ1n) is 6.75. The summed E-state index contributed by atoms with van der Waals surface area (Å²) in [6.07, 6.45) is 9.30. The van der Waals surface area contributed by atoms with E-state index in [4.69, 9.17) is 0 Å². The first-order valence-corrected chi connectivity index (χ1v) is 7.57. The Morgan fingerprint density at radius 2 is 2.22 bits per heavy atom. The minimum absolute atomic E-state index is 0.0414. The van der Waals surface area contributed by atoms with Crippen LogP contribution in [0.25, 0.3) is 0 Å². The largest absolute Gasteiger partial charge is 0.381 e. The zero-order valence-corrected chi connectivity index (χ0v) is 12.6. The Morgan fingerprint density at radius 1 is 1.35 bits per heavy atom. The molecule has 1 unspecified atom stereocenters. The molecular formula is C15H12N4O3S. The van der Waals surface area contributed by atoms with Crippen molar-refractivity contribution in [2.75, 3.05) is 0 Å². The zero-order valence-electron chi connectivity index (χ0n) is 11.8. The number of allylic oxidation sites excluding steroid dienone is 2. The van der Waals surface area contributed by atoms with Crippen molar-refractivity contribution < 1.29 is 9.72 Å². The second-order valence-electron chi connectivity index (χ2n) is 4.72. The first kappa shape index (κ1) is 15.0. The molecule has 0 saturated carbocycles. The van der Waals surface area contributed by atoms with Gasteiger partial charge in [0.1, 0.15) is 0 Å². The highest BCUT2D eigenvalue weighted by Crippen LogP contribution is 2.28. The van der Waals surface area contributed by atoms with E-state index in [1.54, 1.807) is 24.4 Å². The second-order valence-corrected chi connectivity index (χ2v) is 5.75. The maximum absolute atomic E-state index is 12.0. The molecule has 116 valence electrons. The van der Waals surface area contributed by atoms with Gasteiger partial charge in [-0.3, -0.25) is 14.9 Å². The summed E-state index contributed by atoms with van der Waals surface area (Å²) in [5, 5.41) is 16.9. The summed E-state index contributed by atoms with van der Waals surface area (Å²) in [5.41, 5.74) is 0.377. The number of nitrogens with one attached hydrogen (secondary N) is 2. The van der Waals surface area contributed by atoms with Crippen LogP contribution in [-0.2, 0) is 4.79 Å². The van der Waals surface area contributed by atoms with Gasteiger partial charge in [0.05, 0.1) is 21.6 Å². The molecule has 0 radical (unpaired) electrons. The van der Waals surface area contributed by atoms with Crippen molar-refractivity contribution in [2.24, 2.45) is 4.99 Å². The number of thioether (sulfide) groups is 1. The fourth-order valence-electron chi connectivity index (χ4n) is 2.02. The summed E-state index contributed by atoms with van der Waals surface area (Å²) >= 11 is 1.20. The van der Waals surface area contributed by atoms with E-state index in [0.29, 0.717) is 15.8 Å². The molecule has 0 aromatic heterocycles. The third-order valence-corrected chi connectivity index (χ3v) is 4.00. The van der Waals surface area contributed by atoms with Crippen LogP contribution in [0.2, 0.25) is 0 Å². The smallest absolute Gasteiger partial charge is 0.271 e.